The molecule has 0 aromatic heterocycles. The molecule has 0 atom stereocenters. The molecule has 0 saturated carbocycles. The zero-order chi connectivity index (χ0) is 12.0. The Kier molecular flexibility index (Phi) is 1.62. The second-order valence-corrected chi connectivity index (χ2v) is 5.55. The van der Waals surface area contributed by atoms with E-state index in [9.17, 15) is 9.13 Å². The van der Waals surface area contributed by atoms with Crippen molar-refractivity contribution in [3.05, 3.63) is 0 Å². The summed E-state index contributed by atoms with van der Waals surface area (Å²) in [7, 11) is -11.8. The molecule has 0 radical (unpaired) electrons. The summed E-state index contributed by atoms with van der Waals surface area (Å²) in [5.74, 6) is 0. The van der Waals surface area contributed by atoms with Crippen LogP contribution in [-0.4, -0.2) is 29.8 Å². The second kappa shape index (κ2) is 2.64. The highest BCUT2D eigenvalue weighted by atomic mass is 31.2. The van der Waals surface area contributed by atoms with Gasteiger partial charge in [-0.25, -0.2) is 0 Å². The Labute approximate surface area is 66.2 Å². The highest BCUT2D eigenvalue weighted by molar-refractivity contribution is 7.71. The van der Waals surface area contributed by atoms with Crippen molar-refractivity contribution < 1.29 is 37.9 Å². The lowest BCUT2D eigenvalue weighted by atomic mass is 11.3. The van der Waals surface area contributed by atoms with E-state index in [0.717, 1.165) is 0 Å². The smallest absolute Gasteiger partial charge is 0.368 e. The largest absolute Gasteiger partial charge is 0.369 e. The normalized spacial score (nSPS) is 20.3. The summed E-state index contributed by atoms with van der Waals surface area (Å²) in [6.07, 6.45) is 0. The van der Waals surface area contributed by atoms with Gasteiger partial charge in [-0.3, -0.25) is 9.13 Å². The van der Waals surface area contributed by atoms with Gasteiger partial charge in [0.15, 0.2) is 0 Å². The summed E-state index contributed by atoms with van der Waals surface area (Å²) in [6, 6.07) is 0. The van der Waals surface area contributed by atoms with Crippen LogP contribution in [0.3, 0.4) is 0 Å². The fraction of sp³-hybridized carbons (Fsp3) is 1.00. The molecule has 0 aromatic rings. The van der Waals surface area contributed by atoms with Crippen LogP contribution >= 0.6 is 15.2 Å². The third-order valence-electron chi connectivity index (χ3n) is 0.812. The van der Waals surface area contributed by atoms with Gasteiger partial charge in [0.05, 0.1) is 0 Å². The lowest BCUT2D eigenvalue weighted by molar-refractivity contribution is 0.146. The van der Waals surface area contributed by atoms with Crippen molar-refractivity contribution in [1.29, 1.82) is 0 Å². The molecule has 0 aliphatic heterocycles. The van der Waals surface area contributed by atoms with Gasteiger partial charge in [0.1, 0.15) is 0 Å². The summed E-state index contributed by atoms with van der Waals surface area (Å²) in [5.41, 5.74) is 0. The molecule has 5 N–H and O–H groups in total. The van der Waals surface area contributed by atoms with E-state index >= 15 is 0 Å². The van der Waals surface area contributed by atoms with Crippen molar-refractivity contribution in [3.63, 3.8) is 0 Å². The molecule has 0 bridgehead atoms. The number of hydrogen-bond acceptors (Lipinski definition) is 3. The monoisotopic (exact) mass is 210 g/mol. The molecule has 68 valence electrons. The van der Waals surface area contributed by atoms with E-state index < -0.39 is 27.1 Å². The Morgan fingerprint density at radius 1 is 1.18 bits per heavy atom. The lowest BCUT2D eigenvalue weighted by Crippen LogP contribution is -2.23. The maximum atomic E-state index is 10.5. The van der Waals surface area contributed by atoms with Crippen LogP contribution in [0.25, 0.3) is 0 Å². The van der Waals surface area contributed by atoms with Gasteiger partial charge in [-0.15, -0.1) is 0 Å². The molecule has 9 heteroatoms. The first-order valence-corrected chi connectivity index (χ1v) is 5.31. The Bertz CT molecular complexity index is 287. The van der Waals surface area contributed by atoms with Crippen molar-refractivity contribution in [2.45, 2.75) is 11.9 Å². The highest BCUT2D eigenvalue weighted by Crippen LogP contribution is 2.66. The second-order valence-electron chi connectivity index (χ2n) is 1.72. The van der Waals surface area contributed by atoms with Crippen LogP contribution in [0.5, 0.6) is 0 Å². The van der Waals surface area contributed by atoms with Gasteiger partial charge in [-0.05, 0) is 6.85 Å². The van der Waals surface area contributed by atoms with Gasteiger partial charge < -0.3 is 24.7 Å². The quantitative estimate of drug-likeness (QED) is 0.291. The molecule has 0 heterocycles. The van der Waals surface area contributed by atoms with Crippen molar-refractivity contribution in [3.8, 4) is 0 Å². The van der Waals surface area contributed by atoms with E-state index in [-0.39, 0.29) is 0 Å². The van der Waals surface area contributed by atoms with Gasteiger partial charge in [-0.1, -0.05) is 0 Å². The van der Waals surface area contributed by atoms with Crippen LogP contribution < -0.4 is 0 Å². The van der Waals surface area contributed by atoms with Crippen molar-refractivity contribution >= 4 is 15.2 Å². The molecule has 7 nitrogen and oxygen atoms in total. The molecule has 0 aliphatic carbocycles. The standard InChI is InChI=1S/C2H8O7P2/c1-2(3,10(4,5)6)11(7,8)9/h3H,1H3,(H2,4,5,6)(H2,7,8,9)/i1D3,2+1. The fourth-order valence-electron chi connectivity index (χ4n) is 0.170. The zero-order valence-corrected chi connectivity index (χ0v) is 6.74. The number of hydrogen-bond donors (Lipinski definition) is 5. The van der Waals surface area contributed by atoms with Gasteiger partial charge in [0.25, 0.3) is 5.08 Å². The van der Waals surface area contributed by atoms with Gasteiger partial charge in [0, 0.05) is 4.11 Å². The molecule has 0 aliphatic rings. The van der Waals surface area contributed by atoms with E-state index in [0.29, 0.717) is 0 Å². The van der Waals surface area contributed by atoms with Gasteiger partial charge in [0.2, 0.25) is 0 Å². The first kappa shape index (κ1) is 6.74. The van der Waals surface area contributed by atoms with Crippen molar-refractivity contribution in [2.75, 3.05) is 0 Å². The molecule has 0 amide bonds. The fourth-order valence-corrected chi connectivity index (χ4v) is 1.53. The van der Waals surface area contributed by atoms with Crippen LogP contribution in [0.1, 0.15) is 11.0 Å². The predicted octanol–water partition coefficient (Wildman–Crippen LogP) is -0.992. The molecule has 0 rings (SSSR count). The average Bonchev–Trinajstić information content (AvgIpc) is 1.77. The minimum absolute atomic E-state index is 3.90. The van der Waals surface area contributed by atoms with Crippen LogP contribution in [0.4, 0.5) is 0 Å². The maximum absolute atomic E-state index is 10.5. The molecule has 11 heavy (non-hydrogen) atoms. The van der Waals surface area contributed by atoms with Crippen LogP contribution in [0.15, 0.2) is 0 Å². The molecule has 0 spiro atoms. The van der Waals surface area contributed by atoms with E-state index in [1.807, 2.05) is 0 Å². The topological polar surface area (TPSA) is 135 Å². The van der Waals surface area contributed by atoms with Gasteiger partial charge >= 0.3 is 15.2 Å². The summed E-state index contributed by atoms with van der Waals surface area (Å²) >= 11 is 0. The van der Waals surface area contributed by atoms with Crippen LogP contribution in [0, 0.1) is 0 Å². The highest BCUT2D eigenvalue weighted by Gasteiger charge is 2.55. The van der Waals surface area contributed by atoms with Crippen molar-refractivity contribution in [2.24, 2.45) is 0 Å². The minimum Gasteiger partial charge on any atom is -0.368 e. The Hall–Kier alpha value is 0.260. The number of aliphatic hydroxyl groups is 1. The summed E-state index contributed by atoms with van der Waals surface area (Å²) in [6.45, 7) is -3.90. The molecular formula is C2H8O7P2. The maximum Gasteiger partial charge on any atom is 0.369 e. The first-order chi connectivity index (χ1) is 5.75. The zero-order valence-electron chi connectivity index (χ0n) is 7.95. The SMILES string of the molecule is [2H]C([2H])([2H])[13C](O)(P(=O)(O)O)P(=O)(O)O. The van der Waals surface area contributed by atoms with Crippen LogP contribution in [-0.2, 0) is 9.13 Å². The molecule has 0 fully saturated rings. The van der Waals surface area contributed by atoms with E-state index in [1.165, 1.54) is 0 Å². The lowest BCUT2D eigenvalue weighted by Gasteiger charge is -2.24. The van der Waals surface area contributed by atoms with E-state index in [2.05, 4.69) is 0 Å². The van der Waals surface area contributed by atoms with Gasteiger partial charge in [-0.2, -0.15) is 0 Å². The third-order valence-corrected chi connectivity index (χ3v) is 4.00. The Morgan fingerprint density at radius 2 is 1.45 bits per heavy atom. The molecule has 0 unspecified atom stereocenters. The Morgan fingerprint density at radius 3 is 1.45 bits per heavy atom. The first-order valence-electron chi connectivity index (χ1n) is 3.59. The van der Waals surface area contributed by atoms with E-state index in [1.54, 1.807) is 0 Å². The third kappa shape index (κ3) is 2.10. The minimum atomic E-state index is -5.90. The summed E-state index contributed by atoms with van der Waals surface area (Å²) in [5, 5.41) is 4.58. The van der Waals surface area contributed by atoms with Crippen molar-refractivity contribution in [1.82, 2.24) is 0 Å². The van der Waals surface area contributed by atoms with E-state index in [4.69, 9.17) is 28.8 Å². The molecule has 0 saturated heterocycles. The molecule has 0 aromatic carbocycles. The summed E-state index contributed by atoms with van der Waals surface area (Å²) < 4.78 is 40.6. The average molecular weight is 210 g/mol. The molecular weight excluding hydrogens is 199 g/mol. The number of rotatable bonds is 2. The predicted molar refractivity (Wildman–Crippen MR) is 34.7 cm³/mol. The summed E-state index contributed by atoms with van der Waals surface area (Å²) in [4.78, 5) is 33.7. The van der Waals surface area contributed by atoms with Crippen LogP contribution in [0.2, 0.25) is 0 Å². The Balaban J connectivity index is 5.81.